The highest BCUT2D eigenvalue weighted by atomic mass is 32.2. The molecule has 2 aliphatic rings. The molecule has 0 spiro atoms. The van der Waals surface area contributed by atoms with Crippen molar-refractivity contribution in [1.29, 1.82) is 0 Å². The largest absolute Gasteiger partial charge is 0.354 e. The van der Waals surface area contributed by atoms with E-state index in [0.717, 1.165) is 45.3 Å². The average Bonchev–Trinajstić information content (AvgIpc) is 3.08. The number of nitrogens with zero attached hydrogens (tertiary/aromatic N) is 2. The van der Waals surface area contributed by atoms with Gasteiger partial charge < -0.3 is 10.2 Å². The predicted octanol–water partition coefficient (Wildman–Crippen LogP) is 3.68. The molecule has 2 heterocycles. The van der Waals surface area contributed by atoms with E-state index < -0.39 is 0 Å². The summed E-state index contributed by atoms with van der Waals surface area (Å²) >= 11 is 0.906. The minimum atomic E-state index is -0.353. The predicted molar refractivity (Wildman–Crippen MR) is 132 cm³/mol. The van der Waals surface area contributed by atoms with Gasteiger partial charge in [-0.05, 0) is 47.9 Å². The van der Waals surface area contributed by atoms with Crippen molar-refractivity contribution >= 4 is 40.8 Å². The van der Waals surface area contributed by atoms with Crippen molar-refractivity contribution in [2.24, 2.45) is 0 Å². The van der Waals surface area contributed by atoms with Crippen molar-refractivity contribution in [3.8, 4) is 0 Å². The van der Waals surface area contributed by atoms with Crippen LogP contribution in [-0.4, -0.2) is 52.4 Å². The molecule has 0 aromatic heterocycles. The molecule has 2 aromatic rings. The minimum Gasteiger partial charge on any atom is -0.354 e. The van der Waals surface area contributed by atoms with Gasteiger partial charge in [0, 0.05) is 26.6 Å². The third kappa shape index (κ3) is 5.22. The van der Waals surface area contributed by atoms with Crippen LogP contribution in [0.1, 0.15) is 41.6 Å². The molecule has 4 amide bonds. The molecule has 1 atom stereocenters. The van der Waals surface area contributed by atoms with Gasteiger partial charge in [0.15, 0.2) is 0 Å². The fourth-order valence-electron chi connectivity index (χ4n) is 4.31. The second-order valence-corrected chi connectivity index (χ2v) is 9.47. The molecule has 0 radical (unpaired) electrons. The lowest BCUT2D eigenvalue weighted by atomic mass is 9.90. The molecule has 1 fully saturated rings. The van der Waals surface area contributed by atoms with Crippen molar-refractivity contribution in [3.05, 3.63) is 75.7 Å². The van der Waals surface area contributed by atoms with Crippen LogP contribution in [0.15, 0.2) is 53.4 Å². The molecule has 34 heavy (non-hydrogen) atoms. The Kier molecular flexibility index (Phi) is 7.17. The number of thioether (sulfide) groups is 1. The van der Waals surface area contributed by atoms with Gasteiger partial charge in [-0.3, -0.25) is 24.1 Å². The van der Waals surface area contributed by atoms with E-state index in [9.17, 15) is 19.2 Å². The Hall–Kier alpha value is -3.39. The zero-order valence-electron chi connectivity index (χ0n) is 19.2. The molecule has 1 saturated heterocycles. The van der Waals surface area contributed by atoms with Crippen molar-refractivity contribution in [2.45, 2.75) is 32.7 Å². The number of hydrogen-bond acceptors (Lipinski definition) is 5. The van der Waals surface area contributed by atoms with Crippen molar-refractivity contribution in [2.75, 3.05) is 19.6 Å². The quantitative estimate of drug-likeness (QED) is 0.642. The van der Waals surface area contributed by atoms with Crippen molar-refractivity contribution in [1.82, 2.24) is 15.1 Å². The summed E-state index contributed by atoms with van der Waals surface area (Å²) in [5.74, 6) is -0.644. The van der Waals surface area contributed by atoms with Gasteiger partial charge in [0.2, 0.25) is 11.8 Å². The molecule has 8 heteroatoms. The summed E-state index contributed by atoms with van der Waals surface area (Å²) < 4.78 is 0. The van der Waals surface area contributed by atoms with Gasteiger partial charge in [0.1, 0.15) is 0 Å². The number of imide groups is 1. The number of rotatable bonds is 6. The van der Waals surface area contributed by atoms with Crippen molar-refractivity contribution in [3.63, 3.8) is 0 Å². The maximum absolute atomic E-state index is 12.7. The Balaban J connectivity index is 1.35. The van der Waals surface area contributed by atoms with Crippen LogP contribution in [0, 0.1) is 6.92 Å². The van der Waals surface area contributed by atoms with Crippen LogP contribution >= 0.6 is 11.8 Å². The van der Waals surface area contributed by atoms with E-state index in [-0.39, 0.29) is 48.5 Å². The second-order valence-electron chi connectivity index (χ2n) is 8.48. The van der Waals surface area contributed by atoms with E-state index in [1.165, 1.54) is 6.92 Å². The molecule has 4 rings (SSSR count). The van der Waals surface area contributed by atoms with Crippen LogP contribution in [0.3, 0.4) is 0 Å². The molecule has 1 N–H and O–H groups in total. The Morgan fingerprint density at radius 2 is 1.85 bits per heavy atom. The Labute approximate surface area is 203 Å². The highest BCUT2D eigenvalue weighted by molar-refractivity contribution is 8.18. The summed E-state index contributed by atoms with van der Waals surface area (Å²) in [7, 11) is 0. The first-order valence-electron chi connectivity index (χ1n) is 11.3. The molecule has 0 aliphatic carbocycles. The standard InChI is InChI=1S/C26H27N3O4S/c1-17-7-9-19(10-8-17)15-23-25(32)29(26(33)34-23)14-12-27-24(31)16-22-21-6-4-3-5-20(21)11-13-28(22)18(2)30/h3-10,15,22H,11-14,16H2,1-2H3,(H,27,31)/b23-15+. The number of hydrogen-bond donors (Lipinski definition) is 1. The first-order valence-corrected chi connectivity index (χ1v) is 12.1. The van der Waals surface area contributed by atoms with E-state index >= 15 is 0 Å². The van der Waals surface area contributed by atoms with Gasteiger partial charge in [-0.1, -0.05) is 54.1 Å². The number of benzene rings is 2. The number of fused-ring (bicyclic) bond motifs is 1. The van der Waals surface area contributed by atoms with Crippen LogP contribution < -0.4 is 5.32 Å². The first kappa shape index (κ1) is 23.8. The zero-order valence-corrected chi connectivity index (χ0v) is 20.1. The maximum Gasteiger partial charge on any atom is 0.293 e. The average molecular weight is 478 g/mol. The Bertz CT molecular complexity index is 1160. The highest BCUT2D eigenvalue weighted by Crippen LogP contribution is 2.33. The van der Waals surface area contributed by atoms with Gasteiger partial charge in [-0.25, -0.2) is 0 Å². The van der Waals surface area contributed by atoms with Gasteiger partial charge in [0.25, 0.3) is 11.1 Å². The SMILES string of the molecule is CC(=O)N1CCc2ccccc2C1CC(=O)NCCN1C(=O)S/C(=C/c2ccc(C)cc2)C1=O. The molecule has 0 bridgehead atoms. The lowest BCUT2D eigenvalue weighted by molar-refractivity contribution is -0.133. The third-order valence-corrected chi connectivity index (χ3v) is 7.01. The molecule has 0 saturated carbocycles. The van der Waals surface area contributed by atoms with E-state index in [1.54, 1.807) is 11.0 Å². The Morgan fingerprint density at radius 1 is 1.12 bits per heavy atom. The van der Waals surface area contributed by atoms with Crippen LogP contribution in [-0.2, 0) is 20.8 Å². The number of aryl methyl sites for hydroxylation is 1. The van der Waals surface area contributed by atoms with Crippen LogP contribution in [0.5, 0.6) is 0 Å². The summed E-state index contributed by atoms with van der Waals surface area (Å²) in [6.45, 7) is 4.33. The van der Waals surface area contributed by atoms with Crippen LogP contribution in [0.2, 0.25) is 0 Å². The molecular formula is C26H27N3O4S. The number of amides is 4. The normalized spacial score (nSPS) is 18.9. The van der Waals surface area contributed by atoms with Gasteiger partial charge >= 0.3 is 0 Å². The van der Waals surface area contributed by atoms with Crippen LogP contribution in [0.4, 0.5) is 4.79 Å². The lowest BCUT2D eigenvalue weighted by Gasteiger charge is -2.36. The topological polar surface area (TPSA) is 86.8 Å². The summed E-state index contributed by atoms with van der Waals surface area (Å²) in [6.07, 6.45) is 2.61. The van der Waals surface area contributed by atoms with Gasteiger partial charge in [-0.2, -0.15) is 0 Å². The number of carbonyl (C=O) groups is 4. The molecular weight excluding hydrogens is 450 g/mol. The molecule has 7 nitrogen and oxygen atoms in total. The number of carbonyl (C=O) groups excluding carboxylic acids is 4. The molecule has 176 valence electrons. The van der Waals surface area contributed by atoms with E-state index in [0.29, 0.717) is 11.4 Å². The summed E-state index contributed by atoms with van der Waals surface area (Å²) in [6, 6.07) is 15.2. The molecule has 2 aliphatic heterocycles. The zero-order chi connectivity index (χ0) is 24.2. The van der Waals surface area contributed by atoms with Gasteiger partial charge in [0.05, 0.1) is 17.4 Å². The molecule has 1 unspecified atom stereocenters. The second kappa shape index (κ2) is 10.3. The molecule has 2 aromatic carbocycles. The van der Waals surface area contributed by atoms with Crippen LogP contribution in [0.25, 0.3) is 6.08 Å². The Morgan fingerprint density at radius 3 is 2.59 bits per heavy atom. The third-order valence-electron chi connectivity index (χ3n) is 6.10. The van der Waals surface area contributed by atoms with Gasteiger partial charge in [-0.15, -0.1) is 0 Å². The smallest absolute Gasteiger partial charge is 0.293 e. The fraction of sp³-hybridized carbons (Fsp3) is 0.308. The van der Waals surface area contributed by atoms with Crippen molar-refractivity contribution < 1.29 is 19.2 Å². The maximum atomic E-state index is 12.7. The summed E-state index contributed by atoms with van der Waals surface area (Å²) in [5, 5.41) is 2.46. The van der Waals surface area contributed by atoms with E-state index in [1.807, 2.05) is 55.5 Å². The number of nitrogens with one attached hydrogen (secondary N) is 1. The first-order chi connectivity index (χ1) is 16.3. The highest BCUT2D eigenvalue weighted by Gasteiger charge is 2.35. The lowest BCUT2D eigenvalue weighted by Crippen LogP contribution is -2.42. The minimum absolute atomic E-state index is 0.0644. The monoisotopic (exact) mass is 477 g/mol. The fourth-order valence-corrected chi connectivity index (χ4v) is 5.18. The summed E-state index contributed by atoms with van der Waals surface area (Å²) in [4.78, 5) is 53.2. The summed E-state index contributed by atoms with van der Waals surface area (Å²) in [5.41, 5.74) is 4.11. The van der Waals surface area contributed by atoms with E-state index in [2.05, 4.69) is 5.32 Å². The van der Waals surface area contributed by atoms with E-state index in [4.69, 9.17) is 0 Å².